The van der Waals surface area contributed by atoms with Crippen molar-refractivity contribution in [1.29, 1.82) is 0 Å². The lowest BCUT2D eigenvalue weighted by atomic mass is 10.1. The van der Waals surface area contributed by atoms with Crippen molar-refractivity contribution in [1.82, 2.24) is 14.9 Å². The number of nitrogens with one attached hydrogen (secondary N) is 1. The van der Waals surface area contributed by atoms with Gasteiger partial charge < -0.3 is 14.8 Å². The number of amides is 1. The number of hydrogen-bond donors (Lipinski definition) is 1. The number of aromatic nitrogens is 2. The first-order valence-corrected chi connectivity index (χ1v) is 12.2. The van der Waals surface area contributed by atoms with Gasteiger partial charge in [0.15, 0.2) is 5.16 Å². The van der Waals surface area contributed by atoms with Gasteiger partial charge in [0.1, 0.15) is 5.75 Å². The Balaban J connectivity index is 1.76. The van der Waals surface area contributed by atoms with Gasteiger partial charge in [-0.3, -0.25) is 24.3 Å². The molecule has 190 valence electrons. The first kappa shape index (κ1) is 25.9. The number of nitro groups is 1. The van der Waals surface area contributed by atoms with Crippen LogP contribution in [0.1, 0.15) is 15.9 Å². The quantitative estimate of drug-likeness (QED) is 0.109. The normalized spacial score (nSPS) is 10.9. The number of carbonyl (C=O) groups excluding carboxylic acids is 1. The molecule has 0 atom stereocenters. The van der Waals surface area contributed by atoms with Crippen LogP contribution in [0.2, 0.25) is 0 Å². The van der Waals surface area contributed by atoms with E-state index in [-0.39, 0.29) is 17.2 Å². The largest absolute Gasteiger partial charge is 0.497 e. The predicted octanol–water partition coefficient (Wildman–Crippen LogP) is 3.97. The molecular weight excluding hydrogens is 496 g/mol. The Bertz CT molecular complexity index is 1500. The first-order valence-electron chi connectivity index (χ1n) is 11.3. The summed E-state index contributed by atoms with van der Waals surface area (Å²) in [5, 5.41) is 14.5. The summed E-state index contributed by atoms with van der Waals surface area (Å²) in [5.41, 5.74) is 1.87. The third kappa shape index (κ3) is 5.96. The molecule has 37 heavy (non-hydrogen) atoms. The molecule has 0 radical (unpaired) electrons. The highest BCUT2D eigenvalue weighted by Crippen LogP contribution is 2.27. The summed E-state index contributed by atoms with van der Waals surface area (Å²) >= 11 is 1.31. The van der Waals surface area contributed by atoms with E-state index in [4.69, 9.17) is 14.5 Å². The second-order valence-corrected chi connectivity index (χ2v) is 8.87. The Hall–Kier alpha value is -4.22. The molecule has 1 N–H and O–H groups in total. The third-order valence-electron chi connectivity index (χ3n) is 5.52. The van der Waals surface area contributed by atoms with Crippen LogP contribution < -0.4 is 15.6 Å². The van der Waals surface area contributed by atoms with Crippen LogP contribution in [0.5, 0.6) is 5.75 Å². The lowest BCUT2D eigenvalue weighted by Crippen LogP contribution is -2.27. The number of rotatable bonds is 10. The van der Waals surface area contributed by atoms with Gasteiger partial charge in [-0.15, -0.1) is 0 Å². The summed E-state index contributed by atoms with van der Waals surface area (Å²) in [4.78, 5) is 41.4. The Morgan fingerprint density at radius 3 is 2.59 bits per heavy atom. The smallest absolute Gasteiger partial charge is 0.269 e. The second kappa shape index (κ2) is 11.7. The van der Waals surface area contributed by atoms with Gasteiger partial charge in [0, 0.05) is 43.2 Å². The Kier molecular flexibility index (Phi) is 8.16. The van der Waals surface area contributed by atoms with Crippen molar-refractivity contribution in [3.63, 3.8) is 0 Å². The second-order valence-electron chi connectivity index (χ2n) is 7.93. The molecule has 1 amide bonds. The maximum atomic E-state index is 13.6. The highest BCUT2D eigenvalue weighted by molar-refractivity contribution is 7.98. The predicted molar refractivity (Wildman–Crippen MR) is 141 cm³/mol. The van der Waals surface area contributed by atoms with Gasteiger partial charge >= 0.3 is 0 Å². The minimum Gasteiger partial charge on any atom is -0.497 e. The van der Waals surface area contributed by atoms with Crippen molar-refractivity contribution in [3.05, 3.63) is 98.3 Å². The minimum atomic E-state index is -0.453. The van der Waals surface area contributed by atoms with E-state index in [1.807, 2.05) is 0 Å². The van der Waals surface area contributed by atoms with E-state index in [0.717, 1.165) is 5.56 Å². The summed E-state index contributed by atoms with van der Waals surface area (Å²) in [6.45, 7) is 0.737. The number of benzene rings is 3. The number of ether oxygens (including phenoxy) is 2. The zero-order valence-electron chi connectivity index (χ0n) is 20.2. The molecule has 0 bridgehead atoms. The van der Waals surface area contributed by atoms with Crippen LogP contribution in [-0.4, -0.2) is 47.8 Å². The molecule has 0 aliphatic rings. The number of thioether (sulfide) groups is 1. The van der Waals surface area contributed by atoms with Crippen molar-refractivity contribution in [2.75, 3.05) is 27.4 Å². The molecule has 0 spiro atoms. The summed E-state index contributed by atoms with van der Waals surface area (Å²) in [5.74, 6) is 0.702. The summed E-state index contributed by atoms with van der Waals surface area (Å²) in [6, 6.07) is 18.1. The molecule has 0 aliphatic carbocycles. The molecule has 10 nitrogen and oxygen atoms in total. The van der Waals surface area contributed by atoms with Gasteiger partial charge in [-0.25, -0.2) is 4.98 Å². The summed E-state index contributed by atoms with van der Waals surface area (Å²) in [7, 11) is 3.10. The molecule has 0 unspecified atom stereocenters. The van der Waals surface area contributed by atoms with Gasteiger partial charge in [-0.2, -0.15) is 0 Å². The van der Waals surface area contributed by atoms with Crippen molar-refractivity contribution >= 4 is 34.3 Å². The fourth-order valence-electron chi connectivity index (χ4n) is 3.61. The van der Waals surface area contributed by atoms with Gasteiger partial charge in [0.25, 0.3) is 17.2 Å². The zero-order chi connectivity index (χ0) is 26.4. The standard InChI is InChI=1S/C26H24N4O6S/c1-35-13-12-27-24(31)18-8-11-22-23(14-18)28-26(37-16-17-6-9-19(10-7-17)30(33)34)29(25(22)32)20-4-3-5-21(15-20)36-2/h3-11,14-15H,12-13,16H2,1-2H3,(H,27,31). The van der Waals surface area contributed by atoms with Crippen LogP contribution in [0, 0.1) is 10.1 Å². The summed E-state index contributed by atoms with van der Waals surface area (Å²) < 4.78 is 11.8. The zero-order valence-corrected chi connectivity index (χ0v) is 21.0. The number of hydrogen-bond acceptors (Lipinski definition) is 8. The fraction of sp³-hybridized carbons (Fsp3) is 0.192. The lowest BCUT2D eigenvalue weighted by molar-refractivity contribution is -0.384. The van der Waals surface area contributed by atoms with E-state index < -0.39 is 4.92 Å². The highest BCUT2D eigenvalue weighted by Gasteiger charge is 2.16. The molecule has 3 aromatic carbocycles. The van der Waals surface area contributed by atoms with Crippen LogP contribution in [0.3, 0.4) is 0 Å². The maximum Gasteiger partial charge on any atom is 0.269 e. The van der Waals surface area contributed by atoms with E-state index in [2.05, 4.69) is 5.32 Å². The van der Waals surface area contributed by atoms with Crippen molar-refractivity contribution in [2.45, 2.75) is 10.9 Å². The molecule has 0 aliphatic heterocycles. The Morgan fingerprint density at radius 2 is 1.89 bits per heavy atom. The molecule has 0 saturated heterocycles. The van der Waals surface area contributed by atoms with Gasteiger partial charge in [0.05, 0.1) is 35.2 Å². The van der Waals surface area contributed by atoms with Crippen molar-refractivity contribution in [3.8, 4) is 11.4 Å². The van der Waals surface area contributed by atoms with E-state index >= 15 is 0 Å². The van der Waals surface area contributed by atoms with Crippen molar-refractivity contribution < 1.29 is 19.2 Å². The van der Waals surface area contributed by atoms with Crippen LogP contribution in [0.15, 0.2) is 76.7 Å². The number of non-ortho nitro benzene ring substituents is 1. The molecule has 1 heterocycles. The van der Waals surface area contributed by atoms with Gasteiger partial charge in [0.2, 0.25) is 0 Å². The molecule has 1 aromatic heterocycles. The number of fused-ring (bicyclic) bond motifs is 1. The Labute approximate surface area is 216 Å². The van der Waals surface area contributed by atoms with Crippen LogP contribution in [-0.2, 0) is 10.5 Å². The average Bonchev–Trinajstić information content (AvgIpc) is 2.92. The maximum absolute atomic E-state index is 13.6. The molecule has 0 fully saturated rings. The van der Waals surface area contributed by atoms with Crippen molar-refractivity contribution in [2.24, 2.45) is 0 Å². The van der Waals surface area contributed by atoms with Crippen LogP contribution in [0.4, 0.5) is 5.69 Å². The number of nitro benzene ring substituents is 1. The Morgan fingerprint density at radius 1 is 1.11 bits per heavy atom. The van der Waals surface area contributed by atoms with Crippen LogP contribution in [0.25, 0.3) is 16.6 Å². The van der Waals surface area contributed by atoms with E-state index in [0.29, 0.717) is 52.0 Å². The van der Waals surface area contributed by atoms with Gasteiger partial charge in [-0.05, 0) is 35.9 Å². The monoisotopic (exact) mass is 520 g/mol. The minimum absolute atomic E-state index is 0.00201. The SMILES string of the molecule is COCCNC(=O)c1ccc2c(=O)n(-c3cccc(OC)c3)c(SCc3ccc([N+](=O)[O-])cc3)nc2c1. The third-order valence-corrected chi connectivity index (χ3v) is 6.53. The first-order chi connectivity index (χ1) is 17.9. The molecule has 11 heteroatoms. The lowest BCUT2D eigenvalue weighted by Gasteiger charge is -2.14. The number of carbonyl (C=O) groups is 1. The van der Waals surface area contributed by atoms with Gasteiger partial charge in [-0.1, -0.05) is 30.0 Å². The van der Waals surface area contributed by atoms with E-state index in [1.165, 1.54) is 28.5 Å². The van der Waals surface area contributed by atoms with Crippen LogP contribution >= 0.6 is 11.8 Å². The molecule has 4 aromatic rings. The summed E-state index contributed by atoms with van der Waals surface area (Å²) in [6.07, 6.45) is 0. The molecule has 4 rings (SSSR count). The molecular formula is C26H24N4O6S. The topological polar surface area (TPSA) is 126 Å². The van der Waals surface area contributed by atoms with E-state index in [1.54, 1.807) is 68.8 Å². The highest BCUT2D eigenvalue weighted by atomic mass is 32.2. The van der Waals surface area contributed by atoms with E-state index in [9.17, 15) is 19.7 Å². The average molecular weight is 521 g/mol. The fourth-order valence-corrected chi connectivity index (χ4v) is 4.58. The number of methoxy groups -OCH3 is 2. The molecule has 0 saturated carbocycles. The number of nitrogens with zero attached hydrogens (tertiary/aromatic N) is 3.